The lowest BCUT2D eigenvalue weighted by Crippen LogP contribution is -2.39. The van der Waals surface area contributed by atoms with E-state index in [1.54, 1.807) is 11.0 Å². The van der Waals surface area contributed by atoms with Gasteiger partial charge >= 0.3 is 0 Å². The fourth-order valence-electron chi connectivity index (χ4n) is 2.90. The second-order valence-electron chi connectivity index (χ2n) is 7.19. The summed E-state index contributed by atoms with van der Waals surface area (Å²) in [6.45, 7) is 8.75. The Hall–Kier alpha value is -2.70. The van der Waals surface area contributed by atoms with Gasteiger partial charge in [-0.1, -0.05) is 32.9 Å². The van der Waals surface area contributed by atoms with Crippen molar-refractivity contribution in [2.24, 2.45) is 5.92 Å². The first kappa shape index (κ1) is 21.6. The largest absolute Gasteiger partial charge is 0.359 e. The van der Waals surface area contributed by atoms with Crippen LogP contribution in [0.3, 0.4) is 0 Å². The number of benzene rings is 1. The normalized spacial score (nSPS) is 11.1. The van der Waals surface area contributed by atoms with Gasteiger partial charge in [0.05, 0.1) is 6.54 Å². The molecule has 0 fully saturated rings. The van der Waals surface area contributed by atoms with E-state index >= 15 is 0 Å². The van der Waals surface area contributed by atoms with E-state index < -0.39 is 5.82 Å². The van der Waals surface area contributed by atoms with Gasteiger partial charge in [-0.2, -0.15) is 0 Å². The van der Waals surface area contributed by atoms with Crippen molar-refractivity contribution < 1.29 is 18.5 Å². The number of hydrogen-bond donors (Lipinski definition) is 1. The van der Waals surface area contributed by atoms with Crippen LogP contribution in [-0.2, 0) is 6.54 Å². The van der Waals surface area contributed by atoms with Crippen LogP contribution in [0, 0.1) is 11.7 Å². The molecule has 1 heterocycles. The molecule has 0 aliphatic heterocycles. The molecule has 1 N–H and O–H groups in total. The number of halogens is 1. The van der Waals surface area contributed by atoms with E-state index in [0.29, 0.717) is 23.8 Å². The summed E-state index contributed by atoms with van der Waals surface area (Å²) in [4.78, 5) is 26.8. The van der Waals surface area contributed by atoms with Crippen molar-refractivity contribution in [3.63, 3.8) is 0 Å². The van der Waals surface area contributed by atoms with Crippen molar-refractivity contribution >= 4 is 11.8 Å². The van der Waals surface area contributed by atoms with E-state index in [4.69, 9.17) is 4.52 Å². The number of carbonyl (C=O) groups excluding carboxylic acids is 2. The molecule has 0 saturated heterocycles. The molecule has 0 aliphatic rings. The summed E-state index contributed by atoms with van der Waals surface area (Å²) in [7, 11) is 0. The molecule has 0 bridgehead atoms. The maximum absolute atomic E-state index is 13.2. The summed E-state index contributed by atoms with van der Waals surface area (Å²) in [5.41, 5.74) is 0.595. The highest BCUT2D eigenvalue weighted by Gasteiger charge is 2.25. The molecule has 7 heteroatoms. The second kappa shape index (κ2) is 10.0. The number of hydrogen-bond acceptors (Lipinski definition) is 4. The maximum Gasteiger partial charge on any atom is 0.273 e. The molecule has 2 amide bonds. The molecule has 2 aromatic rings. The fourth-order valence-corrected chi connectivity index (χ4v) is 2.90. The van der Waals surface area contributed by atoms with Crippen LogP contribution in [0.25, 0.3) is 0 Å². The predicted molar refractivity (Wildman–Crippen MR) is 104 cm³/mol. The summed E-state index contributed by atoms with van der Waals surface area (Å²) in [5.74, 6) is -0.150. The van der Waals surface area contributed by atoms with Gasteiger partial charge in [-0.25, -0.2) is 4.39 Å². The topological polar surface area (TPSA) is 75.4 Å². The van der Waals surface area contributed by atoms with E-state index in [9.17, 15) is 14.0 Å². The zero-order chi connectivity index (χ0) is 20.7. The van der Waals surface area contributed by atoms with E-state index in [0.717, 1.165) is 12.8 Å². The summed E-state index contributed by atoms with van der Waals surface area (Å²) < 4.78 is 18.5. The molecule has 152 valence electrons. The van der Waals surface area contributed by atoms with Gasteiger partial charge in [-0.15, -0.1) is 0 Å². The average molecular weight is 389 g/mol. The van der Waals surface area contributed by atoms with Crippen LogP contribution in [0.5, 0.6) is 0 Å². The zero-order valence-corrected chi connectivity index (χ0v) is 16.9. The highest BCUT2D eigenvalue weighted by molar-refractivity contribution is 5.94. The summed E-state index contributed by atoms with van der Waals surface area (Å²) >= 11 is 0. The molecule has 2 rings (SSSR count). The van der Waals surface area contributed by atoms with E-state index in [1.165, 1.54) is 24.3 Å². The quantitative estimate of drug-likeness (QED) is 0.703. The molecule has 0 saturated carbocycles. The van der Waals surface area contributed by atoms with Crippen molar-refractivity contribution in [2.45, 2.75) is 53.1 Å². The Balaban J connectivity index is 2.18. The van der Waals surface area contributed by atoms with Crippen molar-refractivity contribution in [3.8, 4) is 0 Å². The van der Waals surface area contributed by atoms with Crippen molar-refractivity contribution in [1.82, 2.24) is 15.4 Å². The van der Waals surface area contributed by atoms with Gasteiger partial charge in [0.2, 0.25) is 0 Å². The predicted octanol–water partition coefficient (Wildman–Crippen LogP) is 4.03. The molecular weight excluding hydrogens is 361 g/mol. The number of aromatic nitrogens is 1. The van der Waals surface area contributed by atoms with Crippen molar-refractivity contribution in [1.29, 1.82) is 0 Å². The number of rotatable bonds is 9. The van der Waals surface area contributed by atoms with Gasteiger partial charge < -0.3 is 14.7 Å². The SMILES string of the molecule is CCC(CC)N(Cc1cc(C(=O)NCC(C)C)no1)C(=O)c1ccc(F)cc1. The smallest absolute Gasteiger partial charge is 0.273 e. The van der Waals surface area contributed by atoms with Gasteiger partial charge in [-0.3, -0.25) is 9.59 Å². The first-order chi connectivity index (χ1) is 13.3. The van der Waals surface area contributed by atoms with Gasteiger partial charge in [0.25, 0.3) is 11.8 Å². The maximum atomic E-state index is 13.2. The van der Waals surface area contributed by atoms with Gasteiger partial charge in [0.15, 0.2) is 11.5 Å². The number of amides is 2. The molecule has 1 aromatic carbocycles. The number of nitrogens with one attached hydrogen (secondary N) is 1. The minimum absolute atomic E-state index is 0.0131. The summed E-state index contributed by atoms with van der Waals surface area (Å²) in [5, 5.41) is 6.61. The fraction of sp³-hybridized carbons (Fsp3) is 0.476. The highest BCUT2D eigenvalue weighted by atomic mass is 19.1. The van der Waals surface area contributed by atoms with Crippen LogP contribution in [0.4, 0.5) is 4.39 Å². The second-order valence-corrected chi connectivity index (χ2v) is 7.19. The molecular formula is C21H28FN3O3. The molecule has 6 nitrogen and oxygen atoms in total. The van der Waals surface area contributed by atoms with Crippen LogP contribution < -0.4 is 5.32 Å². The van der Waals surface area contributed by atoms with Crippen LogP contribution >= 0.6 is 0 Å². The first-order valence-corrected chi connectivity index (χ1v) is 9.66. The summed E-state index contributed by atoms with van der Waals surface area (Å²) in [6.07, 6.45) is 1.53. The molecule has 0 unspecified atom stereocenters. The number of nitrogens with zero attached hydrogens (tertiary/aromatic N) is 2. The first-order valence-electron chi connectivity index (χ1n) is 9.66. The Morgan fingerprint density at radius 1 is 1.18 bits per heavy atom. The van der Waals surface area contributed by atoms with Crippen LogP contribution in [-0.4, -0.2) is 34.5 Å². The molecule has 28 heavy (non-hydrogen) atoms. The van der Waals surface area contributed by atoms with Crippen LogP contribution in [0.2, 0.25) is 0 Å². The highest BCUT2D eigenvalue weighted by Crippen LogP contribution is 2.18. The Morgan fingerprint density at radius 3 is 2.39 bits per heavy atom. The van der Waals surface area contributed by atoms with Gasteiger partial charge in [-0.05, 0) is 43.0 Å². The monoisotopic (exact) mass is 389 g/mol. The van der Waals surface area contributed by atoms with E-state index in [-0.39, 0.29) is 30.1 Å². The molecule has 1 aromatic heterocycles. The van der Waals surface area contributed by atoms with Gasteiger partial charge in [0, 0.05) is 24.2 Å². The van der Waals surface area contributed by atoms with Gasteiger partial charge in [0.1, 0.15) is 5.82 Å². The van der Waals surface area contributed by atoms with E-state index in [2.05, 4.69) is 10.5 Å². The lowest BCUT2D eigenvalue weighted by atomic mass is 10.1. The Kier molecular flexibility index (Phi) is 7.72. The standard InChI is InChI=1S/C21H28FN3O3/c1-5-17(6-2)25(21(27)15-7-9-16(22)10-8-15)13-18-11-19(24-28-18)20(26)23-12-14(3)4/h7-11,14,17H,5-6,12-13H2,1-4H3,(H,23,26). The minimum Gasteiger partial charge on any atom is -0.359 e. The third-order valence-corrected chi connectivity index (χ3v) is 4.52. The Bertz CT molecular complexity index is 782. The van der Waals surface area contributed by atoms with Crippen molar-refractivity contribution in [3.05, 3.63) is 53.2 Å². The molecule has 0 spiro atoms. The minimum atomic E-state index is -0.391. The lowest BCUT2D eigenvalue weighted by Gasteiger charge is -2.29. The third-order valence-electron chi connectivity index (χ3n) is 4.52. The Morgan fingerprint density at radius 2 is 1.82 bits per heavy atom. The lowest BCUT2D eigenvalue weighted by molar-refractivity contribution is 0.0627. The van der Waals surface area contributed by atoms with Crippen molar-refractivity contribution in [2.75, 3.05) is 6.54 Å². The van der Waals surface area contributed by atoms with Crippen LogP contribution in [0.1, 0.15) is 67.1 Å². The zero-order valence-electron chi connectivity index (χ0n) is 16.9. The molecule has 0 atom stereocenters. The third kappa shape index (κ3) is 5.65. The molecule has 0 aliphatic carbocycles. The molecule has 0 radical (unpaired) electrons. The number of carbonyl (C=O) groups is 2. The van der Waals surface area contributed by atoms with E-state index in [1.807, 2.05) is 27.7 Å². The Labute approximate surface area is 165 Å². The van der Waals surface area contributed by atoms with Crippen LogP contribution in [0.15, 0.2) is 34.9 Å². The average Bonchev–Trinajstić information content (AvgIpc) is 3.15. The summed E-state index contributed by atoms with van der Waals surface area (Å²) in [6, 6.07) is 7.02.